The first-order valence-electron chi connectivity index (χ1n) is 10.9. The second-order valence-corrected chi connectivity index (χ2v) is 9.48. The van der Waals surface area contributed by atoms with Crippen LogP contribution in [-0.2, 0) is 21.9 Å². The van der Waals surface area contributed by atoms with Crippen LogP contribution in [0.2, 0.25) is 5.02 Å². The molecular formula is C25H33ClN2O3S. The Balaban J connectivity index is 2.14. The molecule has 0 aromatic heterocycles. The van der Waals surface area contributed by atoms with Crippen LogP contribution in [0.3, 0.4) is 0 Å². The molecule has 1 atom stereocenters. The number of amides is 2. The lowest BCUT2D eigenvalue weighted by atomic mass is 10.1. The molecule has 0 aliphatic carbocycles. The first kappa shape index (κ1) is 26.1. The topological polar surface area (TPSA) is 58.6 Å². The standard InChI is InChI=1S/C25H33ClN2O3S/c1-5-23(25(30)27-14-18(2)3)28(15-19-8-7-11-22(13-19)31-4)24(29)17-32-16-20-9-6-10-21(26)12-20/h6-13,18,23H,5,14-17H2,1-4H3,(H,27,30). The zero-order valence-electron chi connectivity index (χ0n) is 19.3. The summed E-state index contributed by atoms with van der Waals surface area (Å²) in [4.78, 5) is 27.9. The minimum absolute atomic E-state index is 0.0635. The fraction of sp³-hybridized carbons (Fsp3) is 0.440. The summed E-state index contributed by atoms with van der Waals surface area (Å²) in [7, 11) is 1.61. The van der Waals surface area contributed by atoms with Gasteiger partial charge in [0, 0.05) is 23.9 Å². The van der Waals surface area contributed by atoms with Crippen molar-refractivity contribution in [2.45, 2.75) is 45.5 Å². The van der Waals surface area contributed by atoms with Gasteiger partial charge in [-0.2, -0.15) is 0 Å². The monoisotopic (exact) mass is 476 g/mol. The molecule has 7 heteroatoms. The van der Waals surface area contributed by atoms with Crippen molar-refractivity contribution in [3.05, 3.63) is 64.7 Å². The van der Waals surface area contributed by atoms with Crippen molar-refractivity contribution in [3.63, 3.8) is 0 Å². The number of hydrogen-bond acceptors (Lipinski definition) is 4. The Bertz CT molecular complexity index is 891. The minimum Gasteiger partial charge on any atom is -0.497 e. The molecule has 2 aromatic rings. The van der Waals surface area contributed by atoms with Crippen LogP contribution in [0.1, 0.15) is 38.3 Å². The van der Waals surface area contributed by atoms with Gasteiger partial charge in [-0.1, -0.05) is 56.6 Å². The molecule has 0 saturated carbocycles. The van der Waals surface area contributed by atoms with E-state index in [9.17, 15) is 9.59 Å². The number of nitrogens with zero attached hydrogens (tertiary/aromatic N) is 1. The summed E-state index contributed by atoms with van der Waals surface area (Å²) in [5.41, 5.74) is 1.99. The summed E-state index contributed by atoms with van der Waals surface area (Å²) in [5.74, 6) is 1.85. The van der Waals surface area contributed by atoms with Crippen LogP contribution in [0.25, 0.3) is 0 Å². The molecule has 5 nitrogen and oxygen atoms in total. The number of ether oxygens (including phenoxy) is 1. The van der Waals surface area contributed by atoms with Crippen molar-refractivity contribution in [1.29, 1.82) is 0 Å². The Hall–Kier alpha value is -2.18. The molecule has 2 rings (SSSR count). The smallest absolute Gasteiger partial charge is 0.242 e. The molecule has 0 bridgehead atoms. The van der Waals surface area contributed by atoms with E-state index in [2.05, 4.69) is 5.32 Å². The van der Waals surface area contributed by atoms with Gasteiger partial charge in [-0.3, -0.25) is 9.59 Å². The third kappa shape index (κ3) is 8.40. The molecule has 0 aliphatic heterocycles. The van der Waals surface area contributed by atoms with Gasteiger partial charge in [0.15, 0.2) is 0 Å². The van der Waals surface area contributed by atoms with Gasteiger partial charge in [0.2, 0.25) is 11.8 Å². The highest BCUT2D eigenvalue weighted by Gasteiger charge is 2.28. The summed E-state index contributed by atoms with van der Waals surface area (Å²) in [6.45, 7) is 6.96. The van der Waals surface area contributed by atoms with E-state index >= 15 is 0 Å². The molecular weight excluding hydrogens is 444 g/mol. The van der Waals surface area contributed by atoms with Crippen molar-refractivity contribution in [2.24, 2.45) is 5.92 Å². The highest BCUT2D eigenvalue weighted by Crippen LogP contribution is 2.20. The average molecular weight is 477 g/mol. The van der Waals surface area contributed by atoms with Crippen molar-refractivity contribution >= 4 is 35.2 Å². The van der Waals surface area contributed by atoms with Crippen LogP contribution in [0, 0.1) is 5.92 Å². The number of benzene rings is 2. The van der Waals surface area contributed by atoms with Crippen molar-refractivity contribution in [1.82, 2.24) is 10.2 Å². The number of thioether (sulfide) groups is 1. The lowest BCUT2D eigenvalue weighted by molar-refractivity contribution is -0.139. The van der Waals surface area contributed by atoms with E-state index in [1.165, 1.54) is 11.8 Å². The Kier molecular flexibility index (Phi) is 10.9. The molecule has 2 aromatic carbocycles. The minimum atomic E-state index is -0.528. The van der Waals surface area contributed by atoms with Crippen LogP contribution >= 0.6 is 23.4 Å². The van der Waals surface area contributed by atoms with Gasteiger partial charge in [0.05, 0.1) is 12.9 Å². The van der Waals surface area contributed by atoms with Crippen molar-refractivity contribution < 1.29 is 14.3 Å². The maximum absolute atomic E-state index is 13.3. The van der Waals surface area contributed by atoms with Crippen LogP contribution in [0.15, 0.2) is 48.5 Å². The number of carbonyl (C=O) groups excluding carboxylic acids is 2. The van der Waals surface area contributed by atoms with Gasteiger partial charge in [-0.15, -0.1) is 11.8 Å². The van der Waals surface area contributed by atoms with E-state index in [-0.39, 0.29) is 17.6 Å². The zero-order valence-corrected chi connectivity index (χ0v) is 20.8. The number of hydrogen-bond donors (Lipinski definition) is 1. The largest absolute Gasteiger partial charge is 0.497 e. The van der Waals surface area contributed by atoms with E-state index in [4.69, 9.17) is 16.3 Å². The van der Waals surface area contributed by atoms with Crippen LogP contribution in [0.4, 0.5) is 0 Å². The summed E-state index contributed by atoms with van der Waals surface area (Å²) in [6.07, 6.45) is 0.540. The normalized spacial score (nSPS) is 11.8. The maximum Gasteiger partial charge on any atom is 0.242 e. The van der Waals surface area contributed by atoms with E-state index in [1.54, 1.807) is 12.0 Å². The Morgan fingerprint density at radius 3 is 2.50 bits per heavy atom. The maximum atomic E-state index is 13.3. The lowest BCUT2D eigenvalue weighted by Crippen LogP contribution is -2.50. The van der Waals surface area contributed by atoms with Gasteiger partial charge in [0.25, 0.3) is 0 Å². The number of nitrogens with one attached hydrogen (secondary N) is 1. The molecule has 1 N–H and O–H groups in total. The second-order valence-electron chi connectivity index (χ2n) is 8.06. The number of halogens is 1. The second kappa shape index (κ2) is 13.4. The van der Waals surface area contributed by atoms with Gasteiger partial charge < -0.3 is 15.0 Å². The first-order valence-corrected chi connectivity index (χ1v) is 12.4. The van der Waals surface area contributed by atoms with Crippen molar-refractivity contribution in [2.75, 3.05) is 19.4 Å². The quantitative estimate of drug-likeness (QED) is 0.459. The number of methoxy groups -OCH3 is 1. The molecule has 0 fully saturated rings. The fourth-order valence-corrected chi connectivity index (χ4v) is 4.35. The lowest BCUT2D eigenvalue weighted by Gasteiger charge is -2.31. The summed E-state index contributed by atoms with van der Waals surface area (Å²) in [6, 6.07) is 14.7. The Labute approximate surface area is 200 Å². The Morgan fingerprint density at radius 2 is 1.84 bits per heavy atom. The molecule has 0 saturated heterocycles. The van der Waals surface area contributed by atoms with Crippen LogP contribution < -0.4 is 10.1 Å². The number of carbonyl (C=O) groups is 2. The predicted molar refractivity (Wildman–Crippen MR) is 133 cm³/mol. The van der Waals surface area contributed by atoms with E-state index < -0.39 is 6.04 Å². The molecule has 0 spiro atoms. The molecule has 2 amide bonds. The Morgan fingerprint density at radius 1 is 1.12 bits per heavy atom. The van der Waals surface area contributed by atoms with Gasteiger partial charge in [-0.25, -0.2) is 0 Å². The SMILES string of the molecule is CCC(C(=O)NCC(C)C)N(Cc1cccc(OC)c1)C(=O)CSCc1cccc(Cl)c1. The highest BCUT2D eigenvalue weighted by molar-refractivity contribution is 7.99. The summed E-state index contributed by atoms with van der Waals surface area (Å²) < 4.78 is 5.32. The third-order valence-corrected chi connectivity index (χ3v) is 6.16. The van der Waals surface area contributed by atoms with E-state index in [0.29, 0.717) is 36.2 Å². The third-order valence-electron chi connectivity index (χ3n) is 4.94. The predicted octanol–water partition coefficient (Wildman–Crippen LogP) is 5.16. The molecule has 1 unspecified atom stereocenters. The highest BCUT2D eigenvalue weighted by atomic mass is 35.5. The summed E-state index contributed by atoms with van der Waals surface area (Å²) >= 11 is 7.58. The molecule has 0 heterocycles. The van der Waals surface area contributed by atoms with Gasteiger partial charge in [0.1, 0.15) is 11.8 Å². The molecule has 32 heavy (non-hydrogen) atoms. The summed E-state index contributed by atoms with van der Waals surface area (Å²) in [5, 5.41) is 3.67. The number of rotatable bonds is 12. The molecule has 0 aliphatic rings. The van der Waals surface area contributed by atoms with Crippen LogP contribution in [0.5, 0.6) is 5.75 Å². The van der Waals surface area contributed by atoms with Crippen molar-refractivity contribution in [3.8, 4) is 5.75 Å². The zero-order chi connectivity index (χ0) is 23.5. The fourth-order valence-electron chi connectivity index (χ4n) is 3.28. The first-order chi connectivity index (χ1) is 15.3. The van der Waals surface area contributed by atoms with Gasteiger partial charge in [-0.05, 0) is 47.7 Å². The molecule has 0 radical (unpaired) electrons. The van der Waals surface area contributed by atoms with E-state index in [0.717, 1.165) is 16.9 Å². The van der Waals surface area contributed by atoms with Gasteiger partial charge >= 0.3 is 0 Å². The average Bonchev–Trinajstić information content (AvgIpc) is 2.77. The molecule has 174 valence electrons. The van der Waals surface area contributed by atoms with Crippen LogP contribution in [-0.4, -0.2) is 42.2 Å². The van der Waals surface area contributed by atoms with E-state index in [1.807, 2.05) is 69.3 Å².